The van der Waals surface area contributed by atoms with E-state index in [4.69, 9.17) is 4.98 Å². The lowest BCUT2D eigenvalue weighted by Crippen LogP contribution is -2.38. The largest absolute Gasteiger partial charge is 0.465 e. The second-order valence-electron chi connectivity index (χ2n) is 6.44. The van der Waals surface area contributed by atoms with E-state index in [1.54, 1.807) is 0 Å². The average molecular weight is 403 g/mol. The molecule has 0 radical (unpaired) electrons. The van der Waals surface area contributed by atoms with Gasteiger partial charge < -0.3 is 14.6 Å². The van der Waals surface area contributed by atoms with E-state index in [9.17, 15) is 9.90 Å². The lowest BCUT2D eigenvalue weighted by Gasteiger charge is -2.30. The maximum atomic E-state index is 11.3. The first-order chi connectivity index (χ1) is 12.1. The molecule has 7 heteroatoms. The normalized spacial score (nSPS) is 18.2. The van der Waals surface area contributed by atoms with Gasteiger partial charge in [0.25, 0.3) is 0 Å². The first-order valence-corrected chi connectivity index (χ1v) is 9.30. The Hall–Kier alpha value is -2.15. The maximum absolute atomic E-state index is 11.3. The van der Waals surface area contributed by atoms with E-state index in [1.807, 2.05) is 18.3 Å². The Labute approximate surface area is 153 Å². The zero-order valence-corrected chi connectivity index (χ0v) is 15.5. The summed E-state index contributed by atoms with van der Waals surface area (Å²) in [5, 5.41) is 10.4. The van der Waals surface area contributed by atoms with Crippen LogP contribution in [0.25, 0.3) is 21.9 Å². The van der Waals surface area contributed by atoms with Gasteiger partial charge in [0.1, 0.15) is 11.3 Å². The first-order valence-electron chi connectivity index (χ1n) is 8.50. The molecule has 130 valence electrons. The molecule has 6 nitrogen and oxygen atoms in total. The van der Waals surface area contributed by atoms with Crippen LogP contribution in [-0.4, -0.2) is 43.7 Å². The van der Waals surface area contributed by atoms with Crippen LogP contribution >= 0.6 is 15.9 Å². The Balaban J connectivity index is 1.87. The molecule has 0 aliphatic carbocycles. The molecule has 1 unspecified atom stereocenters. The predicted octanol–water partition coefficient (Wildman–Crippen LogP) is 4.22. The van der Waals surface area contributed by atoms with E-state index < -0.39 is 6.09 Å². The molecule has 0 spiro atoms. The minimum atomic E-state index is -0.846. The molecule has 2 aromatic heterocycles. The van der Waals surface area contributed by atoms with E-state index in [0.717, 1.165) is 51.6 Å². The Bertz CT molecular complexity index is 969. The summed E-state index contributed by atoms with van der Waals surface area (Å²) in [6.45, 7) is 4.02. The number of carbonyl (C=O) groups is 1. The number of amides is 1. The topological polar surface area (TPSA) is 71.2 Å². The van der Waals surface area contributed by atoms with Gasteiger partial charge in [-0.1, -0.05) is 15.9 Å². The fourth-order valence-corrected chi connectivity index (χ4v) is 4.15. The molecule has 1 aliphatic heterocycles. The predicted molar refractivity (Wildman–Crippen MR) is 100.0 cm³/mol. The second kappa shape index (κ2) is 6.29. The number of aromatic nitrogens is 3. The van der Waals surface area contributed by atoms with Crippen LogP contribution in [0.4, 0.5) is 4.79 Å². The van der Waals surface area contributed by atoms with E-state index in [0.29, 0.717) is 13.1 Å². The van der Waals surface area contributed by atoms with Crippen LogP contribution in [0.1, 0.15) is 31.5 Å². The molecular formula is C18H19BrN4O2. The number of rotatable bonds is 2. The number of fused-ring (bicyclic) bond motifs is 3. The van der Waals surface area contributed by atoms with E-state index in [1.165, 1.54) is 4.90 Å². The highest BCUT2D eigenvalue weighted by atomic mass is 79.9. The van der Waals surface area contributed by atoms with Crippen LogP contribution in [0.15, 0.2) is 28.9 Å². The summed E-state index contributed by atoms with van der Waals surface area (Å²) in [5.74, 6) is 1.10. The summed E-state index contributed by atoms with van der Waals surface area (Å²) in [6, 6.07) is 6.09. The van der Waals surface area contributed by atoms with Gasteiger partial charge in [0, 0.05) is 35.4 Å². The number of pyridine rings is 1. The first kappa shape index (κ1) is 16.3. The van der Waals surface area contributed by atoms with Crippen molar-refractivity contribution in [3.63, 3.8) is 0 Å². The number of hydrogen-bond donors (Lipinski definition) is 1. The molecular weight excluding hydrogens is 384 g/mol. The molecule has 3 aromatic rings. The van der Waals surface area contributed by atoms with Crippen molar-refractivity contribution in [1.82, 2.24) is 19.4 Å². The Morgan fingerprint density at radius 2 is 2.24 bits per heavy atom. The summed E-state index contributed by atoms with van der Waals surface area (Å²) in [7, 11) is 0. The van der Waals surface area contributed by atoms with Crippen molar-refractivity contribution in [1.29, 1.82) is 0 Å². The Morgan fingerprint density at radius 3 is 3.00 bits per heavy atom. The highest BCUT2D eigenvalue weighted by Gasteiger charge is 2.28. The SMILES string of the molecule is CCn1c(C2CCCN(C(=O)O)C2)nc2cnc3cc(Br)ccc3c21. The summed E-state index contributed by atoms with van der Waals surface area (Å²) in [4.78, 5) is 22.2. The van der Waals surface area contributed by atoms with Crippen LogP contribution in [0.3, 0.4) is 0 Å². The zero-order chi connectivity index (χ0) is 17.6. The summed E-state index contributed by atoms with van der Waals surface area (Å²) < 4.78 is 3.22. The standard InChI is InChI=1S/C18H19BrN4O2/c1-2-23-16-13-6-5-12(19)8-14(13)20-9-15(16)21-17(23)11-4-3-7-22(10-11)18(24)25/h5-6,8-9,11H,2-4,7,10H2,1H3,(H,24,25). The molecule has 0 saturated carbocycles. The van der Waals surface area contributed by atoms with Gasteiger partial charge in [0.2, 0.25) is 0 Å². The van der Waals surface area contributed by atoms with Crippen LogP contribution in [0.5, 0.6) is 0 Å². The molecule has 1 amide bonds. The number of imidazole rings is 1. The van der Waals surface area contributed by atoms with Crippen molar-refractivity contribution in [2.45, 2.75) is 32.2 Å². The lowest BCUT2D eigenvalue weighted by molar-refractivity contribution is 0.129. The van der Waals surface area contributed by atoms with Gasteiger partial charge in [-0.3, -0.25) is 4.98 Å². The van der Waals surface area contributed by atoms with Crippen molar-refractivity contribution in [3.05, 3.63) is 34.7 Å². The molecule has 0 bridgehead atoms. The second-order valence-corrected chi connectivity index (χ2v) is 7.35. The molecule has 1 aliphatic rings. The fourth-order valence-electron chi connectivity index (χ4n) is 3.80. The van der Waals surface area contributed by atoms with Crippen LogP contribution in [0, 0.1) is 0 Å². The summed E-state index contributed by atoms with van der Waals surface area (Å²) in [5.41, 5.74) is 2.89. The third-order valence-electron chi connectivity index (χ3n) is 4.94. The van der Waals surface area contributed by atoms with E-state index >= 15 is 0 Å². The van der Waals surface area contributed by atoms with Gasteiger partial charge in [0.05, 0.1) is 17.2 Å². The molecule has 1 aromatic carbocycles. The number of benzene rings is 1. The monoisotopic (exact) mass is 402 g/mol. The molecule has 25 heavy (non-hydrogen) atoms. The van der Waals surface area contributed by atoms with Crippen molar-refractivity contribution >= 4 is 44.0 Å². The third kappa shape index (κ3) is 2.76. The van der Waals surface area contributed by atoms with Gasteiger partial charge >= 0.3 is 6.09 Å². The molecule has 1 N–H and O–H groups in total. The molecule has 1 fully saturated rings. The number of hydrogen-bond acceptors (Lipinski definition) is 3. The van der Waals surface area contributed by atoms with E-state index in [2.05, 4.69) is 38.5 Å². The number of carboxylic acid groups (broad SMARTS) is 1. The molecule has 3 heterocycles. The number of aryl methyl sites for hydroxylation is 1. The maximum Gasteiger partial charge on any atom is 0.407 e. The van der Waals surface area contributed by atoms with Crippen LogP contribution in [0.2, 0.25) is 0 Å². The molecule has 1 saturated heterocycles. The van der Waals surface area contributed by atoms with Gasteiger partial charge in [0.15, 0.2) is 0 Å². The smallest absolute Gasteiger partial charge is 0.407 e. The number of likely N-dealkylation sites (tertiary alicyclic amines) is 1. The van der Waals surface area contributed by atoms with Gasteiger partial charge in [-0.25, -0.2) is 9.78 Å². The summed E-state index contributed by atoms with van der Waals surface area (Å²) in [6.07, 6.45) is 2.80. The number of piperidine rings is 1. The Morgan fingerprint density at radius 1 is 1.40 bits per heavy atom. The van der Waals surface area contributed by atoms with Gasteiger partial charge in [-0.15, -0.1) is 0 Å². The van der Waals surface area contributed by atoms with Crippen LogP contribution in [-0.2, 0) is 6.54 Å². The lowest BCUT2D eigenvalue weighted by atomic mass is 9.97. The Kier molecular flexibility index (Phi) is 4.11. The highest BCUT2D eigenvalue weighted by Crippen LogP contribution is 2.32. The number of halogens is 1. The minimum Gasteiger partial charge on any atom is -0.465 e. The van der Waals surface area contributed by atoms with Crippen molar-refractivity contribution < 1.29 is 9.90 Å². The van der Waals surface area contributed by atoms with Crippen LogP contribution < -0.4 is 0 Å². The third-order valence-corrected chi connectivity index (χ3v) is 5.43. The average Bonchev–Trinajstić information content (AvgIpc) is 3.00. The quantitative estimate of drug-likeness (QED) is 0.696. The fraction of sp³-hybridized carbons (Fsp3) is 0.389. The molecule has 4 rings (SSSR count). The van der Waals surface area contributed by atoms with Crippen molar-refractivity contribution in [3.8, 4) is 0 Å². The zero-order valence-electron chi connectivity index (χ0n) is 13.9. The minimum absolute atomic E-state index is 0.127. The summed E-state index contributed by atoms with van der Waals surface area (Å²) >= 11 is 3.50. The highest BCUT2D eigenvalue weighted by molar-refractivity contribution is 9.10. The van der Waals surface area contributed by atoms with Crippen molar-refractivity contribution in [2.75, 3.05) is 13.1 Å². The molecule has 1 atom stereocenters. The van der Waals surface area contributed by atoms with Gasteiger partial charge in [-0.2, -0.15) is 0 Å². The van der Waals surface area contributed by atoms with Crippen molar-refractivity contribution in [2.24, 2.45) is 0 Å². The number of nitrogens with zero attached hydrogens (tertiary/aromatic N) is 4. The van der Waals surface area contributed by atoms with E-state index in [-0.39, 0.29) is 5.92 Å². The van der Waals surface area contributed by atoms with Gasteiger partial charge in [-0.05, 0) is 38.0 Å².